The second kappa shape index (κ2) is 7.68. The van der Waals surface area contributed by atoms with Gasteiger partial charge in [0, 0.05) is 10.0 Å². The zero-order valence-electron chi connectivity index (χ0n) is 15.0. The lowest BCUT2D eigenvalue weighted by Gasteiger charge is -2.29. The number of thiophene rings is 1. The van der Waals surface area contributed by atoms with E-state index in [4.69, 9.17) is 4.99 Å². The van der Waals surface area contributed by atoms with Crippen LogP contribution in [0, 0.1) is 17.3 Å². The van der Waals surface area contributed by atoms with Crippen LogP contribution in [0.25, 0.3) is 0 Å². The summed E-state index contributed by atoms with van der Waals surface area (Å²) in [4.78, 5) is 6.10. The molecule has 0 bridgehead atoms. The van der Waals surface area contributed by atoms with Crippen molar-refractivity contribution in [3.8, 4) is 11.8 Å². The van der Waals surface area contributed by atoms with Crippen molar-refractivity contribution in [3.05, 3.63) is 56.7 Å². The summed E-state index contributed by atoms with van der Waals surface area (Å²) < 4.78 is 1.02. The molecule has 0 unspecified atom stereocenters. The Morgan fingerprint density at radius 2 is 1.79 bits per heavy atom. The van der Waals surface area contributed by atoms with Gasteiger partial charge in [-0.3, -0.25) is 4.99 Å². The van der Waals surface area contributed by atoms with Crippen LogP contribution in [0.1, 0.15) is 51.5 Å². The Kier molecular flexibility index (Phi) is 6.06. The summed E-state index contributed by atoms with van der Waals surface area (Å²) >= 11 is 5.29. The lowest BCUT2D eigenvalue weighted by atomic mass is 9.82. The molecule has 2 rings (SSSR count). The second-order valence-electron chi connectivity index (χ2n) is 7.72. The van der Waals surface area contributed by atoms with Gasteiger partial charge in [-0.2, -0.15) is 0 Å². The average Bonchev–Trinajstić information content (AvgIpc) is 2.94. The molecule has 1 heterocycles. The normalized spacial score (nSPS) is 12.7. The van der Waals surface area contributed by atoms with Crippen LogP contribution in [0.15, 0.2) is 51.2 Å². The largest absolute Gasteiger partial charge is 0.270 e. The van der Waals surface area contributed by atoms with E-state index in [1.165, 1.54) is 0 Å². The minimum atomic E-state index is -0.174. The third-order valence-corrected chi connectivity index (χ3v) is 4.81. The molecule has 24 heavy (non-hydrogen) atoms. The Balaban J connectivity index is 2.47. The van der Waals surface area contributed by atoms with E-state index >= 15 is 0 Å². The maximum absolute atomic E-state index is 5.04. The lowest BCUT2D eigenvalue weighted by Crippen LogP contribution is -2.26. The Labute approximate surface area is 158 Å². The first-order chi connectivity index (χ1) is 11.2. The Morgan fingerprint density at radius 1 is 1.08 bits per heavy atom. The molecule has 0 spiro atoms. The highest BCUT2D eigenvalue weighted by Gasteiger charge is 2.25. The number of rotatable bonds is 3. The van der Waals surface area contributed by atoms with Crippen molar-refractivity contribution in [3.63, 3.8) is 0 Å². The summed E-state index contributed by atoms with van der Waals surface area (Å²) in [6.07, 6.45) is 0.995. The monoisotopic (exact) mass is 401 g/mol. The molecule has 1 aromatic carbocycles. The van der Waals surface area contributed by atoms with E-state index in [-0.39, 0.29) is 11.0 Å². The predicted octanol–water partition coefficient (Wildman–Crippen LogP) is 6.57. The Morgan fingerprint density at radius 3 is 2.38 bits per heavy atom. The third-order valence-electron chi connectivity index (χ3n) is 3.33. The highest BCUT2D eigenvalue weighted by molar-refractivity contribution is 9.10. The molecule has 3 heteroatoms. The number of halogens is 1. The van der Waals surface area contributed by atoms with Crippen molar-refractivity contribution in [1.82, 2.24) is 0 Å². The highest BCUT2D eigenvalue weighted by Crippen LogP contribution is 2.30. The summed E-state index contributed by atoms with van der Waals surface area (Å²) in [7, 11) is 0. The minimum absolute atomic E-state index is 0.174. The van der Waals surface area contributed by atoms with E-state index in [1.807, 2.05) is 35.7 Å². The molecule has 2 aromatic rings. The third kappa shape index (κ3) is 5.92. The molecule has 0 atom stereocenters. The Hall–Kier alpha value is -1.37. The molecule has 1 aromatic heterocycles. The first-order valence-electron chi connectivity index (χ1n) is 8.07. The number of benzene rings is 1. The van der Waals surface area contributed by atoms with Crippen molar-refractivity contribution in [2.75, 3.05) is 0 Å². The van der Waals surface area contributed by atoms with Crippen LogP contribution in [0.2, 0.25) is 0 Å². The topological polar surface area (TPSA) is 12.4 Å². The van der Waals surface area contributed by atoms with Crippen LogP contribution >= 0.6 is 27.3 Å². The molecular formula is C21H24BrNS. The number of hydrogen-bond acceptors (Lipinski definition) is 2. The van der Waals surface area contributed by atoms with Gasteiger partial charge in [0.1, 0.15) is 5.71 Å². The van der Waals surface area contributed by atoms with Crippen molar-refractivity contribution in [2.45, 2.75) is 46.6 Å². The zero-order chi connectivity index (χ0) is 17.8. The molecule has 0 saturated carbocycles. The van der Waals surface area contributed by atoms with Gasteiger partial charge < -0.3 is 0 Å². The van der Waals surface area contributed by atoms with Gasteiger partial charge in [0.15, 0.2) is 0 Å². The molecule has 0 N–H and O–H groups in total. The summed E-state index contributed by atoms with van der Waals surface area (Å²) in [5.41, 5.74) is 1.92. The fraction of sp³-hybridized carbons (Fsp3) is 0.381. The molecule has 0 radical (unpaired) electrons. The maximum atomic E-state index is 5.04. The van der Waals surface area contributed by atoms with Gasteiger partial charge in [0.05, 0.1) is 10.4 Å². The molecule has 0 fully saturated rings. The van der Waals surface area contributed by atoms with Crippen LogP contribution in [0.3, 0.4) is 0 Å². The summed E-state index contributed by atoms with van der Waals surface area (Å²) in [5.74, 6) is 6.55. The highest BCUT2D eigenvalue weighted by atomic mass is 79.9. The smallest absolute Gasteiger partial charge is 0.117 e. The molecule has 0 aliphatic heterocycles. The average molecular weight is 402 g/mol. The van der Waals surface area contributed by atoms with Crippen LogP contribution in [0.4, 0.5) is 0 Å². The van der Waals surface area contributed by atoms with Gasteiger partial charge in [0.25, 0.3) is 0 Å². The molecule has 0 aliphatic carbocycles. The van der Waals surface area contributed by atoms with Crippen molar-refractivity contribution in [1.29, 1.82) is 0 Å². The fourth-order valence-electron chi connectivity index (χ4n) is 2.92. The van der Waals surface area contributed by atoms with E-state index in [0.717, 1.165) is 27.0 Å². The minimum Gasteiger partial charge on any atom is -0.270 e. The number of hydrogen-bond donors (Lipinski definition) is 0. The Bertz CT molecular complexity index is 768. The second-order valence-corrected chi connectivity index (χ2v) is 9.52. The summed E-state index contributed by atoms with van der Waals surface area (Å²) in [6.45, 7) is 11.1. The summed E-state index contributed by atoms with van der Waals surface area (Å²) in [5, 5.41) is 2.04. The van der Waals surface area contributed by atoms with Crippen molar-refractivity contribution < 1.29 is 0 Å². The molecule has 0 aliphatic rings. The molecule has 0 amide bonds. The van der Waals surface area contributed by atoms with Gasteiger partial charge in [-0.1, -0.05) is 61.0 Å². The van der Waals surface area contributed by atoms with Crippen molar-refractivity contribution in [2.24, 2.45) is 10.4 Å². The molecule has 1 nitrogen and oxygen atoms in total. The first kappa shape index (κ1) is 19.0. The molecular weight excluding hydrogens is 378 g/mol. The maximum Gasteiger partial charge on any atom is 0.117 e. The fourth-order valence-corrected chi connectivity index (χ4v) is 3.96. The van der Waals surface area contributed by atoms with Gasteiger partial charge in [-0.15, -0.1) is 11.3 Å². The van der Waals surface area contributed by atoms with E-state index < -0.39 is 0 Å². The van der Waals surface area contributed by atoms with E-state index in [0.29, 0.717) is 0 Å². The first-order valence-corrected chi connectivity index (χ1v) is 9.74. The summed E-state index contributed by atoms with van der Waals surface area (Å²) in [6, 6.07) is 12.2. The SMILES string of the molecule is CC(C)(C)CC(C)(C)N=C(C#Cc1cccs1)c1ccccc1Br. The number of aliphatic imine (C=N–C) groups is 1. The van der Waals surface area contributed by atoms with Gasteiger partial charge in [-0.25, -0.2) is 0 Å². The lowest BCUT2D eigenvalue weighted by molar-refractivity contribution is 0.288. The van der Waals surface area contributed by atoms with Crippen LogP contribution < -0.4 is 0 Å². The van der Waals surface area contributed by atoms with E-state index in [9.17, 15) is 0 Å². The van der Waals surface area contributed by atoms with Crippen LogP contribution in [0.5, 0.6) is 0 Å². The molecule has 0 saturated heterocycles. The van der Waals surface area contributed by atoms with Gasteiger partial charge >= 0.3 is 0 Å². The zero-order valence-corrected chi connectivity index (χ0v) is 17.4. The van der Waals surface area contributed by atoms with E-state index in [2.05, 4.69) is 68.5 Å². The standard InChI is InChI=1S/C21H24BrNS/c1-20(2,3)15-21(4,5)23-19(13-12-16-9-8-14-24-16)17-10-6-7-11-18(17)22/h6-11,14H,15H2,1-5H3. The predicted molar refractivity (Wildman–Crippen MR) is 110 cm³/mol. The van der Waals surface area contributed by atoms with Gasteiger partial charge in [0.2, 0.25) is 0 Å². The van der Waals surface area contributed by atoms with Crippen LogP contribution in [-0.4, -0.2) is 11.3 Å². The van der Waals surface area contributed by atoms with E-state index in [1.54, 1.807) is 11.3 Å². The van der Waals surface area contributed by atoms with Crippen molar-refractivity contribution >= 4 is 33.0 Å². The molecule has 126 valence electrons. The van der Waals surface area contributed by atoms with Crippen LogP contribution in [-0.2, 0) is 0 Å². The van der Waals surface area contributed by atoms with Gasteiger partial charge in [-0.05, 0) is 55.0 Å². The number of nitrogens with zero attached hydrogens (tertiary/aromatic N) is 1. The quantitative estimate of drug-likeness (QED) is 0.407.